The highest BCUT2D eigenvalue weighted by Gasteiger charge is 2.31. The number of benzene rings is 1. The molecule has 24 heavy (non-hydrogen) atoms. The Morgan fingerprint density at radius 3 is 2.67 bits per heavy atom. The van der Waals surface area contributed by atoms with Crippen LogP contribution in [0, 0.1) is 0 Å². The number of halogens is 3. The fraction of sp³-hybridized carbons (Fsp3) is 0.400. The molecule has 2 aromatic rings. The number of hydrogen-bond acceptors (Lipinski definition) is 5. The van der Waals surface area contributed by atoms with E-state index in [1.165, 1.54) is 25.1 Å². The van der Waals surface area contributed by atoms with Crippen molar-refractivity contribution in [1.82, 2.24) is 15.5 Å². The molecule has 0 bridgehead atoms. The molecule has 0 radical (unpaired) electrons. The van der Waals surface area contributed by atoms with E-state index in [-0.39, 0.29) is 29.8 Å². The van der Waals surface area contributed by atoms with Crippen LogP contribution in [0.15, 0.2) is 28.8 Å². The van der Waals surface area contributed by atoms with E-state index in [1.807, 2.05) is 0 Å². The van der Waals surface area contributed by atoms with Gasteiger partial charge in [0, 0.05) is 6.92 Å². The molecular formula is C15H16F3N3O3. The molecule has 0 atom stereocenters. The van der Waals surface area contributed by atoms with Crippen LogP contribution in [0.25, 0.3) is 0 Å². The Morgan fingerprint density at radius 2 is 2.04 bits per heavy atom. The number of aromatic nitrogens is 2. The lowest BCUT2D eigenvalue weighted by molar-refractivity contribution is -0.274. The first-order valence-corrected chi connectivity index (χ1v) is 7.02. The molecule has 2 rings (SSSR count). The molecule has 0 unspecified atom stereocenters. The third kappa shape index (κ3) is 4.97. The molecule has 130 valence electrons. The zero-order valence-corrected chi connectivity index (χ0v) is 13.3. The van der Waals surface area contributed by atoms with Gasteiger partial charge in [0.2, 0.25) is 11.8 Å². The number of nitrogens with zero attached hydrogens (tertiary/aromatic N) is 2. The fourth-order valence-corrected chi connectivity index (χ4v) is 2.10. The summed E-state index contributed by atoms with van der Waals surface area (Å²) in [5.41, 5.74) is -0.307. The van der Waals surface area contributed by atoms with Crippen molar-refractivity contribution in [3.8, 4) is 5.75 Å². The number of carbonyl (C=O) groups excluding carboxylic acids is 1. The van der Waals surface area contributed by atoms with Crippen molar-refractivity contribution in [3.63, 3.8) is 0 Å². The molecule has 1 aromatic carbocycles. The van der Waals surface area contributed by atoms with Gasteiger partial charge in [-0.3, -0.25) is 4.79 Å². The molecule has 0 fully saturated rings. The van der Waals surface area contributed by atoms with Crippen LogP contribution in [-0.2, 0) is 16.8 Å². The predicted octanol–water partition coefficient (Wildman–Crippen LogP) is 2.93. The Kier molecular flexibility index (Phi) is 4.81. The molecular weight excluding hydrogens is 327 g/mol. The lowest BCUT2D eigenvalue weighted by Gasteiger charge is -2.20. The van der Waals surface area contributed by atoms with Crippen molar-refractivity contribution in [1.29, 1.82) is 0 Å². The average Bonchev–Trinajstić information content (AvgIpc) is 2.85. The summed E-state index contributed by atoms with van der Waals surface area (Å²) in [6.07, 6.45) is -4.61. The number of rotatable bonds is 5. The molecule has 1 N–H and O–H groups in total. The second-order valence-electron chi connectivity index (χ2n) is 5.69. The molecule has 1 heterocycles. The minimum absolute atomic E-state index is 0.137. The highest BCUT2D eigenvalue weighted by Crippen LogP contribution is 2.24. The third-order valence-corrected chi connectivity index (χ3v) is 3.00. The summed E-state index contributed by atoms with van der Waals surface area (Å²) < 4.78 is 45.7. The van der Waals surface area contributed by atoms with Crippen molar-refractivity contribution in [2.75, 3.05) is 0 Å². The Balaban J connectivity index is 2.12. The maximum Gasteiger partial charge on any atom is 0.573 e. The Labute approximate surface area is 136 Å². The van der Waals surface area contributed by atoms with E-state index in [4.69, 9.17) is 4.52 Å². The van der Waals surface area contributed by atoms with E-state index in [0.29, 0.717) is 5.56 Å². The average molecular weight is 343 g/mol. The van der Waals surface area contributed by atoms with E-state index in [1.54, 1.807) is 19.9 Å². The molecule has 0 aliphatic rings. The minimum Gasteiger partial charge on any atom is -0.406 e. The SMILES string of the molecule is CC(=O)NC(C)(C)c1noc(Cc2cccc(OC(F)(F)F)c2)n1. The van der Waals surface area contributed by atoms with Crippen LogP contribution in [0.4, 0.5) is 13.2 Å². The first-order chi connectivity index (χ1) is 11.0. The number of ether oxygens (including phenoxy) is 1. The van der Waals surface area contributed by atoms with Crippen LogP contribution in [0.5, 0.6) is 5.75 Å². The Hall–Kier alpha value is -2.58. The highest BCUT2D eigenvalue weighted by atomic mass is 19.4. The monoisotopic (exact) mass is 343 g/mol. The number of hydrogen-bond donors (Lipinski definition) is 1. The van der Waals surface area contributed by atoms with Crippen LogP contribution in [0.2, 0.25) is 0 Å². The topological polar surface area (TPSA) is 77.2 Å². The third-order valence-electron chi connectivity index (χ3n) is 3.00. The van der Waals surface area contributed by atoms with Gasteiger partial charge in [0.15, 0.2) is 5.82 Å². The summed E-state index contributed by atoms with van der Waals surface area (Å²) in [4.78, 5) is 15.4. The first kappa shape index (κ1) is 17.8. The summed E-state index contributed by atoms with van der Waals surface area (Å²) >= 11 is 0. The standard InChI is InChI=1S/C15H16F3N3O3/c1-9(22)20-14(2,3)13-19-12(24-21-13)8-10-5-4-6-11(7-10)23-15(16,17)18/h4-7H,8H2,1-3H3,(H,20,22). The normalized spacial score (nSPS) is 12.1. The second-order valence-corrected chi connectivity index (χ2v) is 5.69. The van der Waals surface area contributed by atoms with E-state index >= 15 is 0 Å². The van der Waals surface area contributed by atoms with Gasteiger partial charge >= 0.3 is 6.36 Å². The van der Waals surface area contributed by atoms with Crippen molar-refractivity contribution in [2.24, 2.45) is 0 Å². The van der Waals surface area contributed by atoms with E-state index in [0.717, 1.165) is 0 Å². The van der Waals surface area contributed by atoms with Crippen LogP contribution in [0.1, 0.15) is 38.0 Å². The van der Waals surface area contributed by atoms with E-state index in [9.17, 15) is 18.0 Å². The van der Waals surface area contributed by atoms with Crippen LogP contribution >= 0.6 is 0 Å². The largest absolute Gasteiger partial charge is 0.573 e. The molecule has 1 amide bonds. The van der Waals surface area contributed by atoms with Crippen LogP contribution in [0.3, 0.4) is 0 Å². The molecule has 0 aliphatic heterocycles. The van der Waals surface area contributed by atoms with Crippen LogP contribution in [-0.4, -0.2) is 22.4 Å². The van der Waals surface area contributed by atoms with Gasteiger partial charge in [-0.15, -0.1) is 13.2 Å². The van der Waals surface area contributed by atoms with Gasteiger partial charge in [-0.05, 0) is 31.5 Å². The predicted molar refractivity (Wildman–Crippen MR) is 77.1 cm³/mol. The lowest BCUT2D eigenvalue weighted by Crippen LogP contribution is -2.40. The summed E-state index contributed by atoms with van der Waals surface area (Å²) in [5.74, 6) is -0.0790. The van der Waals surface area contributed by atoms with Gasteiger partial charge in [0.1, 0.15) is 5.75 Å². The zero-order chi connectivity index (χ0) is 18.0. The van der Waals surface area contributed by atoms with Crippen molar-refractivity contribution in [2.45, 2.75) is 39.1 Å². The molecule has 6 nitrogen and oxygen atoms in total. The van der Waals surface area contributed by atoms with Gasteiger partial charge < -0.3 is 14.6 Å². The molecule has 1 aromatic heterocycles. The first-order valence-electron chi connectivity index (χ1n) is 7.02. The lowest BCUT2D eigenvalue weighted by atomic mass is 10.1. The second kappa shape index (κ2) is 6.50. The summed E-state index contributed by atoms with van der Waals surface area (Å²) in [7, 11) is 0. The van der Waals surface area contributed by atoms with Crippen LogP contribution < -0.4 is 10.1 Å². The zero-order valence-electron chi connectivity index (χ0n) is 13.3. The quantitative estimate of drug-likeness (QED) is 0.903. The maximum atomic E-state index is 12.2. The smallest absolute Gasteiger partial charge is 0.406 e. The van der Waals surface area contributed by atoms with Gasteiger partial charge in [0.05, 0.1) is 12.0 Å². The van der Waals surface area contributed by atoms with Gasteiger partial charge in [0.25, 0.3) is 0 Å². The van der Waals surface area contributed by atoms with Gasteiger partial charge in [-0.1, -0.05) is 17.3 Å². The maximum absolute atomic E-state index is 12.2. The molecule has 9 heteroatoms. The minimum atomic E-state index is -4.75. The number of amides is 1. The van der Waals surface area contributed by atoms with Crippen molar-refractivity contribution >= 4 is 5.91 Å². The number of carbonyl (C=O) groups is 1. The molecule has 0 spiro atoms. The number of alkyl halides is 3. The van der Waals surface area contributed by atoms with Gasteiger partial charge in [-0.25, -0.2) is 0 Å². The number of nitrogens with one attached hydrogen (secondary N) is 1. The highest BCUT2D eigenvalue weighted by molar-refractivity contribution is 5.73. The summed E-state index contributed by atoms with van der Waals surface area (Å²) in [5, 5.41) is 6.49. The van der Waals surface area contributed by atoms with Gasteiger partial charge in [-0.2, -0.15) is 4.98 Å². The fourth-order valence-electron chi connectivity index (χ4n) is 2.10. The van der Waals surface area contributed by atoms with Crippen molar-refractivity contribution < 1.29 is 27.2 Å². The molecule has 0 aliphatic carbocycles. The molecule has 0 saturated carbocycles. The van der Waals surface area contributed by atoms with E-state index < -0.39 is 11.9 Å². The molecule has 0 saturated heterocycles. The Morgan fingerprint density at radius 1 is 1.33 bits per heavy atom. The summed E-state index contributed by atoms with van der Waals surface area (Å²) in [6.45, 7) is 4.79. The van der Waals surface area contributed by atoms with E-state index in [2.05, 4.69) is 20.2 Å². The van der Waals surface area contributed by atoms with Crippen molar-refractivity contribution in [3.05, 3.63) is 41.5 Å². The summed E-state index contributed by atoms with van der Waals surface area (Å²) in [6, 6.07) is 5.51. The Bertz CT molecular complexity index is 726.